The molecule has 2 aliphatic carbocycles. The van der Waals surface area contributed by atoms with Crippen molar-refractivity contribution >= 4 is 30.2 Å². The van der Waals surface area contributed by atoms with Gasteiger partial charge in [-0.2, -0.15) is 27.2 Å². The van der Waals surface area contributed by atoms with Crippen LogP contribution in [0.3, 0.4) is 0 Å². The van der Waals surface area contributed by atoms with Gasteiger partial charge in [-0.15, -0.1) is 0 Å². The second-order valence-electron chi connectivity index (χ2n) is 17.9. The second-order valence-corrected chi connectivity index (χ2v) is 23.3. The van der Waals surface area contributed by atoms with E-state index in [-0.39, 0.29) is 61.0 Å². The molecular formula is C51H66N6O13S3. The number of aromatic amines is 1. The topological polar surface area (TPSA) is 242 Å². The number of hydrogen-bond acceptors (Lipinski definition) is 15. The normalized spacial score (nSPS) is 17.9. The summed E-state index contributed by atoms with van der Waals surface area (Å²) in [4.78, 5) is 0. The summed E-state index contributed by atoms with van der Waals surface area (Å²) < 4.78 is 104. The Morgan fingerprint density at radius 1 is 0.562 bits per heavy atom. The molecule has 2 aliphatic rings. The molecule has 22 heteroatoms. The molecule has 2 fully saturated rings. The molecule has 0 saturated heterocycles. The second kappa shape index (κ2) is 26.4. The number of nitrogens with zero attached hydrogens (tertiary/aromatic N) is 5. The highest BCUT2D eigenvalue weighted by atomic mass is 32.2. The standard InChI is InChI=1S/C25H31N3O5S.C19H21N3O4S.C7H14O4S/c1-32-23-9-4-19(5-10-23)17-28(18-20-6-11-24(33-2)12-7-20)34(30,31)25-13-14-27(26-25)16-21-3-8-22(29)15-21;1-25-17-7-3-15(4-8-17)13-22(27(23,24)19-11-12-20-21-19)14-16-5-9-18(26-2)10-6-16;1-12(9,10)11-5-6-2-3-7(8)4-6/h4-7,9-14,21-22,29H,3,8,15-18H2,1-2H3;3-12H,13-14H2,1-2H3,(H,20,21);6-8H,2-5H2,1H3. The largest absolute Gasteiger partial charge is 0.497 e. The molecule has 2 aromatic heterocycles. The van der Waals surface area contributed by atoms with Crippen molar-refractivity contribution in [2.24, 2.45) is 11.8 Å². The lowest BCUT2D eigenvalue weighted by atomic mass is 10.1. The molecule has 19 nitrogen and oxygen atoms in total. The number of hydrogen-bond donors (Lipinski definition) is 3. The van der Waals surface area contributed by atoms with Gasteiger partial charge < -0.3 is 29.2 Å². The van der Waals surface area contributed by atoms with Crippen LogP contribution in [-0.4, -0.2) is 118 Å². The summed E-state index contributed by atoms with van der Waals surface area (Å²) >= 11 is 0. The molecule has 0 bridgehead atoms. The van der Waals surface area contributed by atoms with Crippen LogP contribution in [-0.2, 0) is 67.1 Å². The highest BCUT2D eigenvalue weighted by molar-refractivity contribution is 7.89. The Kier molecular flexibility index (Phi) is 20.4. The minimum atomic E-state index is -3.86. The van der Waals surface area contributed by atoms with Crippen molar-refractivity contribution in [2.75, 3.05) is 41.3 Å². The van der Waals surface area contributed by atoms with Crippen LogP contribution in [0.25, 0.3) is 0 Å². The molecule has 396 valence electrons. The average Bonchev–Trinajstić information content (AvgIpc) is 4.25. The molecule has 6 aromatic rings. The van der Waals surface area contributed by atoms with E-state index in [4.69, 9.17) is 24.1 Å². The lowest BCUT2D eigenvalue weighted by Crippen LogP contribution is -2.30. The molecule has 8 rings (SSSR count). The van der Waals surface area contributed by atoms with E-state index >= 15 is 0 Å². The monoisotopic (exact) mass is 1070 g/mol. The van der Waals surface area contributed by atoms with Crippen molar-refractivity contribution in [1.29, 1.82) is 0 Å². The van der Waals surface area contributed by atoms with Gasteiger partial charge in [0.05, 0.1) is 59.7 Å². The predicted molar refractivity (Wildman–Crippen MR) is 273 cm³/mol. The van der Waals surface area contributed by atoms with Gasteiger partial charge in [0.1, 0.15) is 23.0 Å². The quantitative estimate of drug-likeness (QED) is 0.0662. The lowest BCUT2D eigenvalue weighted by molar-refractivity contribution is 0.168. The number of nitrogens with one attached hydrogen (secondary N) is 1. The van der Waals surface area contributed by atoms with Crippen molar-refractivity contribution in [1.82, 2.24) is 28.6 Å². The number of rotatable bonds is 21. The molecule has 0 aliphatic heterocycles. The minimum absolute atomic E-state index is 0.0214. The van der Waals surface area contributed by atoms with Crippen molar-refractivity contribution in [3.05, 3.63) is 144 Å². The van der Waals surface area contributed by atoms with Gasteiger partial charge >= 0.3 is 0 Å². The smallest absolute Gasteiger partial charge is 0.264 e. The lowest BCUT2D eigenvalue weighted by Gasteiger charge is -2.22. The molecule has 3 N–H and O–H groups in total. The molecule has 0 radical (unpaired) electrons. The minimum Gasteiger partial charge on any atom is -0.497 e. The van der Waals surface area contributed by atoms with E-state index in [1.54, 1.807) is 45.4 Å². The fourth-order valence-electron chi connectivity index (χ4n) is 8.33. The van der Waals surface area contributed by atoms with Gasteiger partial charge in [0.15, 0.2) is 10.1 Å². The van der Waals surface area contributed by atoms with E-state index in [0.29, 0.717) is 30.4 Å². The van der Waals surface area contributed by atoms with E-state index in [1.807, 2.05) is 97.1 Å². The molecule has 4 aromatic carbocycles. The van der Waals surface area contributed by atoms with Crippen LogP contribution >= 0.6 is 0 Å². The van der Waals surface area contributed by atoms with Gasteiger partial charge in [0.2, 0.25) is 0 Å². The van der Waals surface area contributed by atoms with E-state index < -0.39 is 30.2 Å². The number of methoxy groups -OCH3 is 4. The first-order chi connectivity index (χ1) is 34.9. The van der Waals surface area contributed by atoms with Gasteiger partial charge in [-0.1, -0.05) is 48.5 Å². The number of benzene rings is 4. The van der Waals surface area contributed by atoms with Gasteiger partial charge in [-0.05, 0) is 133 Å². The van der Waals surface area contributed by atoms with E-state index in [1.165, 1.54) is 20.9 Å². The molecule has 2 heterocycles. The van der Waals surface area contributed by atoms with Gasteiger partial charge in [0, 0.05) is 38.9 Å². The number of aliphatic hydroxyl groups excluding tert-OH is 2. The molecule has 4 unspecified atom stereocenters. The SMILES string of the molecule is COc1ccc(CN(Cc2ccc(OC)cc2)S(=O)(=O)c2ccn(CC3CCC(O)C3)n2)cc1.COc1ccc(CN(Cc2ccc(OC)cc2)S(=O)(=O)c2ccn[nH]2)cc1.CS(=O)(=O)OCC1CCC(O)C1. The Balaban J connectivity index is 0.000000198. The zero-order valence-corrected chi connectivity index (χ0v) is 44.1. The fraction of sp³-hybridized carbons (Fsp3) is 0.412. The summed E-state index contributed by atoms with van der Waals surface area (Å²) in [7, 11) is -4.53. The van der Waals surface area contributed by atoms with Crippen LogP contribution in [0.5, 0.6) is 23.0 Å². The molecule has 0 spiro atoms. The van der Waals surface area contributed by atoms with Crippen LogP contribution in [0.15, 0.2) is 132 Å². The van der Waals surface area contributed by atoms with Crippen molar-refractivity contribution in [2.45, 2.75) is 93.5 Å². The van der Waals surface area contributed by atoms with Crippen molar-refractivity contribution in [3.8, 4) is 23.0 Å². The first kappa shape index (κ1) is 56.4. The Labute approximate surface area is 428 Å². The fourth-order valence-corrected chi connectivity index (χ4v) is 11.4. The van der Waals surface area contributed by atoms with Crippen molar-refractivity contribution < 1.29 is 58.6 Å². The summed E-state index contributed by atoms with van der Waals surface area (Å²) in [5, 5.41) is 29.7. The maximum atomic E-state index is 13.7. The maximum Gasteiger partial charge on any atom is 0.264 e. The average molecular weight is 1070 g/mol. The van der Waals surface area contributed by atoms with Crippen molar-refractivity contribution in [3.63, 3.8) is 0 Å². The molecule has 4 atom stereocenters. The summed E-state index contributed by atoms with van der Waals surface area (Å²) in [5.74, 6) is 3.37. The Bertz CT molecular complexity index is 2840. The Morgan fingerprint density at radius 2 is 0.959 bits per heavy atom. The summed E-state index contributed by atoms with van der Waals surface area (Å²) in [6.45, 7) is 1.65. The third kappa shape index (κ3) is 17.1. The van der Waals surface area contributed by atoms with E-state index in [0.717, 1.165) is 72.1 Å². The molecule has 2 saturated carbocycles. The summed E-state index contributed by atoms with van der Waals surface area (Å²) in [6.07, 6.45) is 8.35. The number of ether oxygens (including phenoxy) is 4. The Morgan fingerprint density at radius 3 is 1.30 bits per heavy atom. The third-order valence-electron chi connectivity index (χ3n) is 12.4. The highest BCUT2D eigenvalue weighted by Crippen LogP contribution is 2.29. The predicted octanol–water partition coefficient (Wildman–Crippen LogP) is 6.39. The number of aliphatic hydroxyl groups is 2. The van der Waals surface area contributed by atoms with Crippen LogP contribution in [0.1, 0.15) is 60.8 Å². The van der Waals surface area contributed by atoms with Crippen LogP contribution in [0.2, 0.25) is 0 Å². The van der Waals surface area contributed by atoms with Crippen LogP contribution in [0, 0.1) is 11.8 Å². The maximum absolute atomic E-state index is 13.7. The first-order valence-corrected chi connectivity index (χ1v) is 28.3. The summed E-state index contributed by atoms with van der Waals surface area (Å²) in [5.41, 5.74) is 3.40. The van der Waals surface area contributed by atoms with Crippen LogP contribution in [0.4, 0.5) is 0 Å². The first-order valence-electron chi connectivity index (χ1n) is 23.6. The summed E-state index contributed by atoms with van der Waals surface area (Å²) in [6, 6.07) is 32.3. The number of aromatic nitrogens is 4. The zero-order valence-electron chi connectivity index (χ0n) is 41.7. The molecule has 73 heavy (non-hydrogen) atoms. The van der Waals surface area contributed by atoms with Gasteiger partial charge in [0.25, 0.3) is 30.2 Å². The third-order valence-corrected chi connectivity index (χ3v) is 16.3. The van der Waals surface area contributed by atoms with Gasteiger partial charge in [-0.25, -0.2) is 16.8 Å². The highest BCUT2D eigenvalue weighted by Gasteiger charge is 2.30. The van der Waals surface area contributed by atoms with Crippen LogP contribution < -0.4 is 18.9 Å². The van der Waals surface area contributed by atoms with E-state index in [9.17, 15) is 30.4 Å². The van der Waals surface area contributed by atoms with E-state index in [2.05, 4.69) is 19.5 Å². The number of H-pyrrole nitrogens is 1. The molecule has 0 amide bonds. The van der Waals surface area contributed by atoms with Gasteiger partial charge in [-0.3, -0.25) is 14.0 Å². The zero-order chi connectivity index (χ0) is 52.6. The number of sulfonamides is 2. The molecular weight excluding hydrogens is 1000 g/mol. The Hall–Kier alpha value is -5.85.